The van der Waals surface area contributed by atoms with E-state index in [0.29, 0.717) is 11.6 Å². The van der Waals surface area contributed by atoms with Gasteiger partial charge in [0, 0.05) is 35.1 Å². The standard InChI is InChI=1S/C23H25ClN4O/c1-23(2,3)22(29)25-17-11-12-28(14-17)21-20(15-7-6-8-16(24)13-15)26-18-9-4-5-10-19(18)27-21/h4-10,13,17H,11-12,14H2,1-3H3,(H,25,29). The van der Waals surface area contributed by atoms with Crippen LogP contribution in [-0.2, 0) is 4.79 Å². The van der Waals surface area contributed by atoms with Crippen molar-refractivity contribution in [1.82, 2.24) is 15.3 Å². The fourth-order valence-electron chi connectivity index (χ4n) is 3.51. The Morgan fingerprint density at radius 3 is 2.52 bits per heavy atom. The molecular weight excluding hydrogens is 384 g/mol. The molecule has 1 aliphatic heterocycles. The van der Waals surface area contributed by atoms with Crippen LogP contribution in [-0.4, -0.2) is 35.0 Å². The van der Waals surface area contributed by atoms with Crippen LogP contribution in [0.3, 0.4) is 0 Å². The van der Waals surface area contributed by atoms with Gasteiger partial charge in [0.1, 0.15) is 5.69 Å². The molecule has 2 heterocycles. The van der Waals surface area contributed by atoms with Gasteiger partial charge >= 0.3 is 0 Å². The predicted molar refractivity (Wildman–Crippen MR) is 118 cm³/mol. The molecule has 1 unspecified atom stereocenters. The molecule has 1 N–H and O–H groups in total. The number of carbonyl (C=O) groups excluding carboxylic acids is 1. The summed E-state index contributed by atoms with van der Waals surface area (Å²) in [5.41, 5.74) is 3.06. The van der Waals surface area contributed by atoms with E-state index in [1.807, 2.05) is 69.3 Å². The second-order valence-electron chi connectivity index (χ2n) is 8.55. The summed E-state index contributed by atoms with van der Waals surface area (Å²) < 4.78 is 0. The molecule has 150 valence electrons. The highest BCUT2D eigenvalue weighted by atomic mass is 35.5. The Balaban J connectivity index is 1.69. The van der Waals surface area contributed by atoms with E-state index < -0.39 is 5.41 Å². The van der Waals surface area contributed by atoms with E-state index in [1.165, 1.54) is 0 Å². The number of rotatable bonds is 3. The zero-order chi connectivity index (χ0) is 20.6. The summed E-state index contributed by atoms with van der Waals surface area (Å²) in [6, 6.07) is 15.7. The molecular formula is C23H25ClN4O. The summed E-state index contributed by atoms with van der Waals surface area (Å²) in [4.78, 5) is 24.4. The lowest BCUT2D eigenvalue weighted by atomic mass is 9.95. The minimum absolute atomic E-state index is 0.0732. The second kappa shape index (κ2) is 7.64. The van der Waals surface area contributed by atoms with Crippen LogP contribution >= 0.6 is 11.6 Å². The first-order valence-electron chi connectivity index (χ1n) is 9.90. The Labute approximate surface area is 176 Å². The Bertz CT molecular complexity index is 1060. The average Bonchev–Trinajstić information content (AvgIpc) is 3.14. The number of amides is 1. The molecule has 0 radical (unpaired) electrons. The average molecular weight is 409 g/mol. The molecule has 4 rings (SSSR count). The van der Waals surface area contributed by atoms with E-state index in [2.05, 4.69) is 10.2 Å². The van der Waals surface area contributed by atoms with Gasteiger partial charge in [-0.05, 0) is 30.7 Å². The zero-order valence-corrected chi connectivity index (χ0v) is 17.7. The predicted octanol–water partition coefficient (Wildman–Crippen LogP) is 4.69. The van der Waals surface area contributed by atoms with Gasteiger partial charge in [-0.3, -0.25) is 4.79 Å². The molecule has 1 amide bonds. The lowest BCUT2D eigenvalue weighted by Crippen LogP contribution is -2.43. The zero-order valence-electron chi connectivity index (χ0n) is 16.9. The van der Waals surface area contributed by atoms with Crippen LogP contribution in [0, 0.1) is 5.41 Å². The van der Waals surface area contributed by atoms with Crippen molar-refractivity contribution in [2.75, 3.05) is 18.0 Å². The molecule has 1 atom stereocenters. The molecule has 1 fully saturated rings. The van der Waals surface area contributed by atoms with Crippen LogP contribution in [0.2, 0.25) is 5.02 Å². The highest BCUT2D eigenvalue weighted by molar-refractivity contribution is 6.30. The molecule has 0 aliphatic carbocycles. The van der Waals surface area contributed by atoms with E-state index in [4.69, 9.17) is 21.6 Å². The third kappa shape index (κ3) is 4.20. The van der Waals surface area contributed by atoms with Crippen LogP contribution in [0.1, 0.15) is 27.2 Å². The minimum Gasteiger partial charge on any atom is -0.353 e. The quantitative estimate of drug-likeness (QED) is 0.682. The van der Waals surface area contributed by atoms with E-state index in [-0.39, 0.29) is 11.9 Å². The molecule has 0 bridgehead atoms. The van der Waals surface area contributed by atoms with Crippen molar-refractivity contribution in [2.24, 2.45) is 5.41 Å². The number of hydrogen-bond donors (Lipinski definition) is 1. The smallest absolute Gasteiger partial charge is 0.225 e. The number of carbonyl (C=O) groups is 1. The van der Waals surface area contributed by atoms with Gasteiger partial charge in [-0.25, -0.2) is 9.97 Å². The first-order chi connectivity index (χ1) is 13.8. The Kier molecular flexibility index (Phi) is 5.17. The highest BCUT2D eigenvalue weighted by Crippen LogP contribution is 2.33. The number of para-hydroxylation sites is 2. The van der Waals surface area contributed by atoms with Crippen molar-refractivity contribution in [3.63, 3.8) is 0 Å². The number of benzene rings is 2. The summed E-state index contributed by atoms with van der Waals surface area (Å²) in [5, 5.41) is 3.84. The fraction of sp³-hybridized carbons (Fsp3) is 0.348. The third-order valence-electron chi connectivity index (χ3n) is 5.15. The van der Waals surface area contributed by atoms with Gasteiger partial charge in [0.05, 0.1) is 11.0 Å². The minimum atomic E-state index is -0.401. The van der Waals surface area contributed by atoms with Crippen molar-refractivity contribution < 1.29 is 4.79 Å². The molecule has 2 aromatic carbocycles. The van der Waals surface area contributed by atoms with Crippen molar-refractivity contribution >= 4 is 34.4 Å². The molecule has 5 nitrogen and oxygen atoms in total. The summed E-state index contributed by atoms with van der Waals surface area (Å²) in [6.45, 7) is 7.32. The van der Waals surface area contributed by atoms with Crippen LogP contribution in [0.25, 0.3) is 22.3 Å². The van der Waals surface area contributed by atoms with E-state index >= 15 is 0 Å². The van der Waals surface area contributed by atoms with Gasteiger partial charge in [0.15, 0.2) is 5.82 Å². The van der Waals surface area contributed by atoms with Crippen molar-refractivity contribution in [3.8, 4) is 11.3 Å². The molecule has 1 aliphatic rings. The molecule has 6 heteroatoms. The summed E-state index contributed by atoms with van der Waals surface area (Å²) in [5.74, 6) is 0.905. The lowest BCUT2D eigenvalue weighted by Gasteiger charge is -2.23. The third-order valence-corrected chi connectivity index (χ3v) is 5.39. The number of fused-ring (bicyclic) bond motifs is 1. The van der Waals surface area contributed by atoms with Crippen molar-refractivity contribution in [2.45, 2.75) is 33.2 Å². The Morgan fingerprint density at radius 1 is 1.10 bits per heavy atom. The van der Waals surface area contributed by atoms with E-state index in [0.717, 1.165) is 41.1 Å². The Hall–Kier alpha value is -2.66. The fourth-order valence-corrected chi connectivity index (χ4v) is 3.70. The first kappa shape index (κ1) is 19.6. The highest BCUT2D eigenvalue weighted by Gasteiger charge is 2.30. The summed E-state index contributed by atoms with van der Waals surface area (Å²) in [7, 11) is 0. The van der Waals surface area contributed by atoms with Gasteiger partial charge in [-0.2, -0.15) is 0 Å². The number of halogens is 1. The topological polar surface area (TPSA) is 58.1 Å². The SMILES string of the molecule is CC(C)(C)C(=O)NC1CCN(c2nc3ccccc3nc2-c2cccc(Cl)c2)C1. The maximum atomic E-state index is 12.4. The van der Waals surface area contributed by atoms with Gasteiger partial charge < -0.3 is 10.2 Å². The monoisotopic (exact) mass is 408 g/mol. The molecule has 29 heavy (non-hydrogen) atoms. The Morgan fingerprint density at radius 2 is 1.83 bits per heavy atom. The normalized spacial score (nSPS) is 17.0. The lowest BCUT2D eigenvalue weighted by molar-refractivity contribution is -0.129. The molecule has 0 spiro atoms. The number of aromatic nitrogens is 2. The number of nitrogens with zero attached hydrogens (tertiary/aromatic N) is 3. The molecule has 3 aromatic rings. The van der Waals surface area contributed by atoms with Crippen LogP contribution < -0.4 is 10.2 Å². The van der Waals surface area contributed by atoms with Crippen molar-refractivity contribution in [3.05, 3.63) is 53.6 Å². The largest absolute Gasteiger partial charge is 0.353 e. The summed E-state index contributed by atoms with van der Waals surface area (Å²) >= 11 is 6.24. The van der Waals surface area contributed by atoms with Crippen LogP contribution in [0.4, 0.5) is 5.82 Å². The van der Waals surface area contributed by atoms with E-state index in [1.54, 1.807) is 0 Å². The van der Waals surface area contributed by atoms with Gasteiger partial charge in [-0.15, -0.1) is 0 Å². The van der Waals surface area contributed by atoms with Crippen molar-refractivity contribution in [1.29, 1.82) is 0 Å². The number of nitrogens with one attached hydrogen (secondary N) is 1. The maximum Gasteiger partial charge on any atom is 0.225 e. The van der Waals surface area contributed by atoms with Crippen LogP contribution in [0.15, 0.2) is 48.5 Å². The van der Waals surface area contributed by atoms with Gasteiger partial charge in [-0.1, -0.05) is 56.6 Å². The van der Waals surface area contributed by atoms with Gasteiger partial charge in [0.25, 0.3) is 0 Å². The second-order valence-corrected chi connectivity index (χ2v) is 8.99. The first-order valence-corrected chi connectivity index (χ1v) is 10.3. The van der Waals surface area contributed by atoms with Crippen LogP contribution in [0.5, 0.6) is 0 Å². The number of hydrogen-bond acceptors (Lipinski definition) is 4. The molecule has 1 aromatic heterocycles. The number of anilines is 1. The summed E-state index contributed by atoms with van der Waals surface area (Å²) in [6.07, 6.45) is 0.880. The molecule has 1 saturated heterocycles. The molecule has 0 saturated carbocycles. The maximum absolute atomic E-state index is 12.4. The van der Waals surface area contributed by atoms with E-state index in [9.17, 15) is 4.79 Å². The van der Waals surface area contributed by atoms with Gasteiger partial charge in [0.2, 0.25) is 5.91 Å².